The minimum Gasteiger partial charge on any atom is -0.398 e. The van der Waals surface area contributed by atoms with E-state index in [0.29, 0.717) is 0 Å². The van der Waals surface area contributed by atoms with Crippen molar-refractivity contribution in [3.05, 3.63) is 28.8 Å². The van der Waals surface area contributed by atoms with Crippen LogP contribution in [0.5, 0.6) is 0 Å². The van der Waals surface area contributed by atoms with Crippen molar-refractivity contribution in [3.8, 4) is 0 Å². The summed E-state index contributed by atoms with van der Waals surface area (Å²) < 4.78 is 0. The first-order valence-electron chi connectivity index (χ1n) is 6.00. The lowest BCUT2D eigenvalue weighted by Crippen LogP contribution is -2.27. The van der Waals surface area contributed by atoms with E-state index in [2.05, 4.69) is 11.4 Å². The minimum atomic E-state index is 0.725. The van der Waals surface area contributed by atoms with Crippen LogP contribution in [0.25, 0.3) is 0 Å². The number of halogens is 1. The van der Waals surface area contributed by atoms with Crippen molar-refractivity contribution in [3.63, 3.8) is 0 Å². The van der Waals surface area contributed by atoms with E-state index in [1.165, 1.54) is 37.9 Å². The highest BCUT2D eigenvalue weighted by molar-refractivity contribution is 6.30. The molecule has 2 rings (SSSR count). The molecule has 0 radical (unpaired) electrons. The van der Waals surface area contributed by atoms with E-state index >= 15 is 0 Å². The molecule has 16 heavy (non-hydrogen) atoms. The van der Waals surface area contributed by atoms with Crippen molar-refractivity contribution in [1.82, 2.24) is 5.32 Å². The highest BCUT2D eigenvalue weighted by Crippen LogP contribution is 2.23. The molecule has 3 heteroatoms. The summed E-state index contributed by atoms with van der Waals surface area (Å²) in [5.74, 6) is 0.858. The second kappa shape index (κ2) is 5.55. The van der Waals surface area contributed by atoms with Gasteiger partial charge in [0.15, 0.2) is 0 Å². The topological polar surface area (TPSA) is 38.0 Å². The van der Waals surface area contributed by atoms with Gasteiger partial charge in [-0.25, -0.2) is 0 Å². The number of benzene rings is 1. The van der Waals surface area contributed by atoms with Gasteiger partial charge in [0.25, 0.3) is 0 Å². The maximum atomic E-state index is 5.94. The summed E-state index contributed by atoms with van der Waals surface area (Å²) in [6, 6.07) is 5.83. The second-order valence-corrected chi connectivity index (χ2v) is 5.01. The second-order valence-electron chi connectivity index (χ2n) is 4.58. The van der Waals surface area contributed by atoms with Crippen molar-refractivity contribution in [2.75, 3.05) is 18.8 Å². The molecule has 0 aliphatic carbocycles. The van der Waals surface area contributed by atoms with Gasteiger partial charge in [0, 0.05) is 10.7 Å². The number of nitrogens with two attached hydrogens (primary N) is 1. The first kappa shape index (κ1) is 11.7. The van der Waals surface area contributed by atoms with Crippen LogP contribution in [-0.2, 0) is 6.42 Å². The molecular formula is C13H19ClN2. The first-order valence-corrected chi connectivity index (χ1v) is 6.38. The average molecular weight is 239 g/mol. The maximum absolute atomic E-state index is 5.94. The Kier molecular flexibility index (Phi) is 4.08. The van der Waals surface area contributed by atoms with Gasteiger partial charge >= 0.3 is 0 Å². The molecule has 1 saturated heterocycles. The smallest absolute Gasteiger partial charge is 0.0426 e. The van der Waals surface area contributed by atoms with Gasteiger partial charge in [0.2, 0.25) is 0 Å². The van der Waals surface area contributed by atoms with Crippen LogP contribution in [0.15, 0.2) is 18.2 Å². The van der Waals surface area contributed by atoms with E-state index in [9.17, 15) is 0 Å². The van der Waals surface area contributed by atoms with E-state index in [4.69, 9.17) is 17.3 Å². The van der Waals surface area contributed by atoms with E-state index in [0.717, 1.165) is 23.0 Å². The van der Waals surface area contributed by atoms with Crippen molar-refractivity contribution < 1.29 is 0 Å². The third-order valence-electron chi connectivity index (χ3n) is 3.39. The lowest BCUT2D eigenvalue weighted by atomic mass is 9.91. The molecule has 1 aromatic carbocycles. The fraction of sp³-hybridized carbons (Fsp3) is 0.538. The number of anilines is 1. The van der Waals surface area contributed by atoms with Gasteiger partial charge in [-0.1, -0.05) is 17.7 Å². The average Bonchev–Trinajstić information content (AvgIpc) is 2.29. The van der Waals surface area contributed by atoms with E-state index in [-0.39, 0.29) is 0 Å². The van der Waals surface area contributed by atoms with Crippen molar-refractivity contribution in [2.24, 2.45) is 5.92 Å². The summed E-state index contributed by atoms with van der Waals surface area (Å²) in [5.41, 5.74) is 8.01. The van der Waals surface area contributed by atoms with Crippen LogP contribution in [0, 0.1) is 5.92 Å². The first-order chi connectivity index (χ1) is 7.75. The lowest BCUT2D eigenvalue weighted by molar-refractivity contribution is 0.354. The third kappa shape index (κ3) is 3.13. The molecule has 0 unspecified atom stereocenters. The fourth-order valence-electron chi connectivity index (χ4n) is 2.32. The van der Waals surface area contributed by atoms with Crippen LogP contribution in [-0.4, -0.2) is 13.1 Å². The van der Waals surface area contributed by atoms with Crippen LogP contribution in [0.3, 0.4) is 0 Å². The number of hydrogen-bond acceptors (Lipinski definition) is 2. The molecule has 2 nitrogen and oxygen atoms in total. The highest BCUT2D eigenvalue weighted by atomic mass is 35.5. The maximum Gasteiger partial charge on any atom is 0.0426 e. The Bertz CT molecular complexity index is 346. The summed E-state index contributed by atoms with van der Waals surface area (Å²) in [6.07, 6.45) is 4.92. The normalized spacial score (nSPS) is 17.6. The third-order valence-corrected chi connectivity index (χ3v) is 3.62. The Morgan fingerprint density at radius 1 is 1.31 bits per heavy atom. The number of hydrogen-bond donors (Lipinski definition) is 2. The molecule has 0 saturated carbocycles. The molecule has 88 valence electrons. The fourth-order valence-corrected chi connectivity index (χ4v) is 2.50. The van der Waals surface area contributed by atoms with Gasteiger partial charge in [0.05, 0.1) is 0 Å². The Labute approximate surface area is 102 Å². The predicted octanol–water partition coefficient (Wildman–Crippen LogP) is 2.85. The van der Waals surface area contributed by atoms with E-state index in [1.807, 2.05) is 12.1 Å². The molecule has 1 heterocycles. The minimum absolute atomic E-state index is 0.725. The largest absolute Gasteiger partial charge is 0.398 e. The molecule has 0 spiro atoms. The van der Waals surface area contributed by atoms with Crippen molar-refractivity contribution in [1.29, 1.82) is 0 Å². The summed E-state index contributed by atoms with van der Waals surface area (Å²) in [4.78, 5) is 0. The van der Waals surface area contributed by atoms with Gasteiger partial charge in [0.1, 0.15) is 0 Å². The van der Waals surface area contributed by atoms with Gasteiger partial charge in [-0.2, -0.15) is 0 Å². The Morgan fingerprint density at radius 2 is 2.06 bits per heavy atom. The van der Waals surface area contributed by atoms with Gasteiger partial charge in [-0.05, 0) is 62.4 Å². The van der Waals surface area contributed by atoms with Gasteiger partial charge < -0.3 is 11.1 Å². The standard InChI is InChI=1S/C13H19ClN2/c14-12-4-3-11(13(15)9-12)2-1-10-5-7-16-8-6-10/h3-4,9-10,16H,1-2,5-8,15H2. The monoisotopic (exact) mass is 238 g/mol. The van der Waals surface area contributed by atoms with Crippen LogP contribution in [0.4, 0.5) is 5.69 Å². The SMILES string of the molecule is Nc1cc(Cl)ccc1CCC1CCNCC1. The molecule has 0 atom stereocenters. The Hall–Kier alpha value is -0.730. The lowest BCUT2D eigenvalue weighted by Gasteiger charge is -2.22. The molecular weight excluding hydrogens is 220 g/mol. The van der Waals surface area contributed by atoms with Gasteiger partial charge in [-0.3, -0.25) is 0 Å². The molecule has 1 fully saturated rings. The van der Waals surface area contributed by atoms with Crippen LogP contribution < -0.4 is 11.1 Å². The molecule has 3 N–H and O–H groups in total. The Balaban J connectivity index is 1.88. The number of nitrogen functional groups attached to an aromatic ring is 1. The summed E-state index contributed by atoms with van der Waals surface area (Å²) in [6.45, 7) is 2.33. The number of piperidine rings is 1. The van der Waals surface area contributed by atoms with Crippen LogP contribution in [0.1, 0.15) is 24.8 Å². The zero-order valence-electron chi connectivity index (χ0n) is 9.51. The van der Waals surface area contributed by atoms with E-state index < -0.39 is 0 Å². The van der Waals surface area contributed by atoms with Crippen molar-refractivity contribution >= 4 is 17.3 Å². The van der Waals surface area contributed by atoms with Crippen LogP contribution >= 0.6 is 11.6 Å². The predicted molar refractivity (Wildman–Crippen MR) is 69.8 cm³/mol. The molecule has 1 aromatic rings. The van der Waals surface area contributed by atoms with E-state index in [1.54, 1.807) is 0 Å². The molecule has 1 aliphatic heterocycles. The van der Waals surface area contributed by atoms with Crippen molar-refractivity contribution in [2.45, 2.75) is 25.7 Å². The summed E-state index contributed by atoms with van der Waals surface area (Å²) in [5, 5.41) is 4.11. The quantitative estimate of drug-likeness (QED) is 0.795. The zero-order chi connectivity index (χ0) is 11.4. The zero-order valence-corrected chi connectivity index (χ0v) is 10.3. The summed E-state index contributed by atoms with van der Waals surface area (Å²) in [7, 11) is 0. The Morgan fingerprint density at radius 3 is 2.75 bits per heavy atom. The summed E-state index contributed by atoms with van der Waals surface area (Å²) >= 11 is 5.88. The van der Waals surface area contributed by atoms with Gasteiger partial charge in [-0.15, -0.1) is 0 Å². The number of nitrogens with one attached hydrogen (secondary N) is 1. The number of aryl methyl sites for hydroxylation is 1. The highest BCUT2D eigenvalue weighted by Gasteiger charge is 2.13. The van der Waals surface area contributed by atoms with Crippen LogP contribution in [0.2, 0.25) is 5.02 Å². The number of rotatable bonds is 3. The molecule has 0 bridgehead atoms. The molecule has 0 amide bonds. The molecule has 1 aliphatic rings. The molecule has 0 aromatic heterocycles.